The number of rotatable bonds is 14. The highest BCUT2D eigenvalue weighted by atomic mass is 35.5. The number of amides is 2. The molecule has 0 bridgehead atoms. The minimum absolute atomic E-state index is 0.0497. The molecule has 0 aliphatic carbocycles. The van der Waals surface area contributed by atoms with Gasteiger partial charge in [-0.3, -0.25) is 25.0 Å². The van der Waals surface area contributed by atoms with E-state index in [1.165, 1.54) is 6.20 Å². The van der Waals surface area contributed by atoms with Crippen molar-refractivity contribution in [1.82, 2.24) is 20.2 Å². The van der Waals surface area contributed by atoms with Crippen LogP contribution in [0.4, 0.5) is 10.7 Å². The molecule has 0 atom stereocenters. The number of H-pyrrole nitrogens is 1. The molecule has 0 saturated heterocycles. The molecule has 0 aliphatic rings. The number of urea groups is 1. The lowest BCUT2D eigenvalue weighted by Gasteiger charge is -2.22. The zero-order chi connectivity index (χ0) is 28.9. The molecule has 1 aromatic heterocycles. The van der Waals surface area contributed by atoms with Gasteiger partial charge in [-0.2, -0.15) is 0 Å². The summed E-state index contributed by atoms with van der Waals surface area (Å²) in [6, 6.07) is 12.5. The molecular weight excluding hydrogens is 553 g/mol. The van der Waals surface area contributed by atoms with Crippen LogP contribution in [-0.4, -0.2) is 59.6 Å². The monoisotopic (exact) mass is 587 g/mol. The van der Waals surface area contributed by atoms with E-state index < -0.39 is 6.03 Å². The number of hydrogen-bond donors (Lipinski definition) is 6. The van der Waals surface area contributed by atoms with Gasteiger partial charge in [-0.1, -0.05) is 53.5 Å². The first kappa shape index (κ1) is 30.9. The maximum Gasteiger partial charge on any atom is 0.321 e. The Morgan fingerprint density at radius 1 is 1.02 bits per heavy atom. The Morgan fingerprint density at radius 3 is 2.42 bits per heavy atom. The Labute approximate surface area is 243 Å². The lowest BCUT2D eigenvalue weighted by Crippen LogP contribution is -2.31. The van der Waals surface area contributed by atoms with Crippen molar-refractivity contribution in [3.8, 4) is 11.1 Å². The first-order valence-electron chi connectivity index (χ1n) is 12.9. The van der Waals surface area contributed by atoms with Crippen LogP contribution in [0.2, 0.25) is 10.0 Å². The molecule has 13 heteroatoms. The molecule has 0 fully saturated rings. The van der Waals surface area contributed by atoms with E-state index in [0.717, 1.165) is 49.2 Å². The summed E-state index contributed by atoms with van der Waals surface area (Å²) in [7, 11) is 0. The Kier molecular flexibility index (Phi) is 12.2. The fourth-order valence-electron chi connectivity index (χ4n) is 3.97. The molecule has 9 N–H and O–H groups in total. The van der Waals surface area contributed by atoms with E-state index in [0.29, 0.717) is 41.7 Å². The van der Waals surface area contributed by atoms with Gasteiger partial charge in [0.25, 0.3) is 5.56 Å². The number of hydrogen-bond acceptors (Lipinski definition) is 6. The highest BCUT2D eigenvalue weighted by molar-refractivity contribution is 6.42. The third kappa shape index (κ3) is 10.2. The first-order valence-corrected chi connectivity index (χ1v) is 13.7. The van der Waals surface area contributed by atoms with Gasteiger partial charge >= 0.3 is 6.03 Å². The smallest absolute Gasteiger partial charge is 0.321 e. The molecule has 0 unspecified atom stereocenters. The van der Waals surface area contributed by atoms with Crippen LogP contribution in [0.3, 0.4) is 0 Å². The number of guanidine groups is 1. The number of halogens is 2. The Morgan fingerprint density at radius 2 is 1.75 bits per heavy atom. The third-order valence-electron chi connectivity index (χ3n) is 5.99. The van der Waals surface area contributed by atoms with Crippen LogP contribution >= 0.6 is 23.2 Å². The molecule has 1 heterocycles. The number of carbonyl (C=O) groups excluding carboxylic acids is 1. The average molecular weight is 589 g/mol. The number of carbonyl (C=O) groups is 1. The summed E-state index contributed by atoms with van der Waals surface area (Å²) in [6.45, 7) is 3.98. The molecule has 3 aromatic rings. The van der Waals surface area contributed by atoms with Crippen LogP contribution in [0.15, 0.2) is 58.4 Å². The molecule has 214 valence electrons. The SMILES string of the molecule is NCCCN(CCCN=C(N)N)Cc1ccc(-c2cnc(NC(=O)NCCc3ccc(Cl)c(Cl)c3)[nH]c2=O)cc1. The second-order valence-electron chi connectivity index (χ2n) is 9.13. The summed E-state index contributed by atoms with van der Waals surface area (Å²) in [5.41, 5.74) is 19.3. The van der Waals surface area contributed by atoms with Gasteiger partial charge in [0, 0.05) is 32.4 Å². The van der Waals surface area contributed by atoms with Gasteiger partial charge in [-0.05, 0) is 61.2 Å². The number of aliphatic imine (C=N–C) groups is 1. The van der Waals surface area contributed by atoms with E-state index in [-0.39, 0.29) is 17.5 Å². The number of nitrogens with two attached hydrogens (primary N) is 3. The summed E-state index contributed by atoms with van der Waals surface area (Å²) in [5, 5.41) is 6.19. The van der Waals surface area contributed by atoms with Crippen molar-refractivity contribution in [2.24, 2.45) is 22.2 Å². The molecular formula is C27H35Cl2N9O2. The molecule has 0 radical (unpaired) electrons. The number of aromatic nitrogens is 2. The number of aromatic amines is 1. The predicted molar refractivity (Wildman–Crippen MR) is 162 cm³/mol. The molecule has 3 rings (SSSR count). The average Bonchev–Trinajstić information content (AvgIpc) is 2.92. The van der Waals surface area contributed by atoms with E-state index in [1.807, 2.05) is 30.3 Å². The topological polar surface area (TPSA) is 181 Å². The number of anilines is 1. The quantitative estimate of drug-likeness (QED) is 0.0951. The third-order valence-corrected chi connectivity index (χ3v) is 6.73. The maximum absolute atomic E-state index is 12.7. The maximum atomic E-state index is 12.7. The normalized spacial score (nSPS) is 10.9. The van der Waals surface area contributed by atoms with Crippen LogP contribution in [-0.2, 0) is 13.0 Å². The van der Waals surface area contributed by atoms with Crippen LogP contribution in [0.25, 0.3) is 11.1 Å². The molecule has 0 saturated carbocycles. The van der Waals surface area contributed by atoms with Crippen LogP contribution in [0.1, 0.15) is 24.0 Å². The summed E-state index contributed by atoms with van der Waals surface area (Å²) in [6.07, 6.45) is 3.72. The number of nitrogens with zero attached hydrogens (tertiary/aromatic N) is 3. The van der Waals surface area contributed by atoms with Crippen LogP contribution in [0, 0.1) is 0 Å². The van der Waals surface area contributed by atoms with Gasteiger partial charge < -0.3 is 22.5 Å². The van der Waals surface area contributed by atoms with Gasteiger partial charge in [-0.25, -0.2) is 9.78 Å². The van der Waals surface area contributed by atoms with Crippen LogP contribution in [0.5, 0.6) is 0 Å². The Balaban J connectivity index is 1.54. The van der Waals surface area contributed by atoms with E-state index in [2.05, 4.69) is 30.5 Å². The summed E-state index contributed by atoms with van der Waals surface area (Å²) < 4.78 is 0. The van der Waals surface area contributed by atoms with Gasteiger partial charge in [-0.15, -0.1) is 0 Å². The van der Waals surface area contributed by atoms with Crippen molar-refractivity contribution in [3.05, 3.63) is 80.2 Å². The minimum Gasteiger partial charge on any atom is -0.370 e. The lowest BCUT2D eigenvalue weighted by atomic mass is 10.1. The molecule has 40 heavy (non-hydrogen) atoms. The highest BCUT2D eigenvalue weighted by Crippen LogP contribution is 2.22. The fraction of sp³-hybridized carbons (Fsp3) is 0.333. The molecule has 0 aliphatic heterocycles. The zero-order valence-electron chi connectivity index (χ0n) is 22.1. The van der Waals surface area contributed by atoms with E-state index in [1.54, 1.807) is 12.1 Å². The van der Waals surface area contributed by atoms with Crippen molar-refractivity contribution in [2.75, 3.05) is 38.0 Å². The largest absolute Gasteiger partial charge is 0.370 e. The van der Waals surface area contributed by atoms with Gasteiger partial charge in [0.05, 0.1) is 15.6 Å². The summed E-state index contributed by atoms with van der Waals surface area (Å²) in [4.78, 5) is 38.1. The van der Waals surface area contributed by atoms with Crippen molar-refractivity contribution in [1.29, 1.82) is 0 Å². The molecule has 2 amide bonds. The van der Waals surface area contributed by atoms with E-state index >= 15 is 0 Å². The zero-order valence-corrected chi connectivity index (χ0v) is 23.6. The molecule has 2 aromatic carbocycles. The summed E-state index contributed by atoms with van der Waals surface area (Å²) >= 11 is 11.9. The van der Waals surface area contributed by atoms with E-state index in [9.17, 15) is 9.59 Å². The highest BCUT2D eigenvalue weighted by Gasteiger charge is 2.10. The Hall–Kier alpha value is -3.64. The van der Waals surface area contributed by atoms with Crippen molar-refractivity contribution in [2.45, 2.75) is 25.8 Å². The molecule has 0 spiro atoms. The second-order valence-corrected chi connectivity index (χ2v) is 9.94. The molecule has 11 nitrogen and oxygen atoms in total. The second kappa shape index (κ2) is 15.8. The lowest BCUT2D eigenvalue weighted by molar-refractivity contribution is 0.252. The minimum atomic E-state index is -0.488. The Bertz CT molecular complexity index is 1340. The van der Waals surface area contributed by atoms with Crippen molar-refractivity contribution in [3.63, 3.8) is 0 Å². The van der Waals surface area contributed by atoms with Gasteiger partial charge in [0.15, 0.2) is 5.96 Å². The summed E-state index contributed by atoms with van der Waals surface area (Å²) in [5.74, 6) is 0.144. The number of nitrogens with one attached hydrogen (secondary N) is 3. The van der Waals surface area contributed by atoms with Crippen LogP contribution < -0.4 is 33.4 Å². The predicted octanol–water partition coefficient (Wildman–Crippen LogP) is 2.92. The first-order chi connectivity index (χ1) is 19.2. The number of benzene rings is 2. The fourth-order valence-corrected chi connectivity index (χ4v) is 4.29. The van der Waals surface area contributed by atoms with Crippen molar-refractivity contribution < 1.29 is 4.79 Å². The van der Waals surface area contributed by atoms with Gasteiger partial charge in [0.2, 0.25) is 5.95 Å². The van der Waals surface area contributed by atoms with Crippen molar-refractivity contribution >= 4 is 41.1 Å². The van der Waals surface area contributed by atoms with E-state index in [4.69, 9.17) is 40.4 Å². The van der Waals surface area contributed by atoms with Gasteiger partial charge in [0.1, 0.15) is 0 Å². The standard InChI is InChI=1S/C27H35Cl2N9O2/c28-22-8-5-18(15-23(22)29)9-12-34-27(40)37-26-35-16-21(24(39)36-26)20-6-3-19(4-7-20)17-38(13-1-10-30)14-2-11-33-25(31)32/h3-8,15-16H,1-2,9-14,17,30H2,(H4,31,32,33)(H3,34,35,36,37,39,40).